The number of nitrogens with zero attached hydrogens (tertiary/aromatic N) is 3. The van der Waals surface area contributed by atoms with Gasteiger partial charge in [0.05, 0.1) is 44.6 Å². The molecule has 0 unspecified atom stereocenters. The van der Waals surface area contributed by atoms with Gasteiger partial charge in [-0.1, -0.05) is 6.07 Å². The van der Waals surface area contributed by atoms with Crippen molar-refractivity contribution < 1.29 is 19.1 Å². The molecule has 0 saturated carbocycles. The van der Waals surface area contributed by atoms with Gasteiger partial charge in [0.25, 0.3) is 5.88 Å². The largest absolute Gasteiger partial charge is 0.508 e. The molecule has 0 bridgehead atoms. The van der Waals surface area contributed by atoms with Crippen LogP contribution in [0.5, 0.6) is 11.6 Å². The van der Waals surface area contributed by atoms with Crippen LogP contribution < -0.4 is 15.4 Å². The fraction of sp³-hybridized carbons (Fsp3) is 0.333. The lowest BCUT2D eigenvalue weighted by atomic mass is 10.1. The number of quaternary nitrogens is 1. The highest BCUT2D eigenvalue weighted by atomic mass is 16.5. The molecule has 8 heteroatoms. The maximum Gasteiger partial charge on any atom is 0.258 e. The predicted molar refractivity (Wildman–Crippen MR) is 114 cm³/mol. The van der Waals surface area contributed by atoms with Gasteiger partial charge >= 0.3 is 0 Å². The Kier molecular flexibility index (Phi) is 5.93. The Bertz CT molecular complexity index is 1010. The number of nitrogens with one attached hydrogen (secondary N) is 2. The van der Waals surface area contributed by atoms with Gasteiger partial charge in [-0.2, -0.15) is 0 Å². The van der Waals surface area contributed by atoms with Crippen LogP contribution in [0.15, 0.2) is 36.5 Å². The first-order valence-corrected chi connectivity index (χ1v) is 9.47. The number of aromatic nitrogens is 2. The van der Waals surface area contributed by atoms with Crippen LogP contribution in [0.2, 0.25) is 0 Å². The summed E-state index contributed by atoms with van der Waals surface area (Å²) in [5, 5.41) is 21.0. The zero-order chi connectivity index (χ0) is 21.0. The molecule has 2 heterocycles. The van der Waals surface area contributed by atoms with Crippen LogP contribution in [0.3, 0.4) is 0 Å². The van der Waals surface area contributed by atoms with Gasteiger partial charge in [0.15, 0.2) is 0 Å². The molecule has 3 rings (SSSR count). The highest BCUT2D eigenvalue weighted by Gasteiger charge is 2.18. The number of aldehydes is 1. The molecule has 154 valence electrons. The summed E-state index contributed by atoms with van der Waals surface area (Å²) < 4.78 is 8.55. The first-order chi connectivity index (χ1) is 13.8. The molecule has 0 aliphatic carbocycles. The first-order valence-electron chi connectivity index (χ1n) is 9.47. The van der Waals surface area contributed by atoms with Gasteiger partial charge in [-0.3, -0.25) is 0 Å². The van der Waals surface area contributed by atoms with Crippen molar-refractivity contribution in [1.82, 2.24) is 9.61 Å². The van der Waals surface area contributed by atoms with Crippen molar-refractivity contribution in [3.63, 3.8) is 0 Å². The normalized spacial score (nSPS) is 11.4. The van der Waals surface area contributed by atoms with Crippen molar-refractivity contribution in [2.75, 3.05) is 51.5 Å². The lowest BCUT2D eigenvalue weighted by Gasteiger charge is -2.23. The van der Waals surface area contributed by atoms with Gasteiger partial charge in [-0.05, 0) is 30.7 Å². The number of fused-ring (bicyclic) bond motifs is 1. The molecule has 0 saturated heterocycles. The van der Waals surface area contributed by atoms with Crippen LogP contribution in [0, 0.1) is 6.92 Å². The average molecular weight is 398 g/mol. The SMILES string of the molecule is Cc1cc(Nc2c(OCC[N+](C)(C)C)nn3ccccc23)c(NCC=O)cc1O. The third-order valence-electron chi connectivity index (χ3n) is 4.48. The number of aromatic hydroxyl groups is 1. The van der Waals surface area contributed by atoms with Gasteiger partial charge in [-0.15, -0.1) is 5.10 Å². The molecule has 0 spiro atoms. The van der Waals surface area contributed by atoms with Gasteiger partial charge in [-0.25, -0.2) is 4.52 Å². The molecule has 0 fully saturated rings. The van der Waals surface area contributed by atoms with Gasteiger partial charge in [0.2, 0.25) is 0 Å². The molecule has 3 N–H and O–H groups in total. The molecule has 2 aromatic heterocycles. The minimum Gasteiger partial charge on any atom is -0.508 e. The minimum absolute atomic E-state index is 0.138. The number of rotatable bonds is 9. The molecule has 0 amide bonds. The number of phenols is 1. The van der Waals surface area contributed by atoms with E-state index in [2.05, 4.69) is 36.9 Å². The van der Waals surface area contributed by atoms with E-state index in [9.17, 15) is 9.90 Å². The van der Waals surface area contributed by atoms with Crippen LogP contribution in [0.4, 0.5) is 17.1 Å². The molecular weight excluding hydrogens is 370 g/mol. The maximum absolute atomic E-state index is 10.8. The summed E-state index contributed by atoms with van der Waals surface area (Å²) >= 11 is 0. The number of likely N-dealkylation sites (N-methyl/N-ethyl adjacent to an activating group) is 1. The highest BCUT2D eigenvalue weighted by Crippen LogP contribution is 2.37. The summed E-state index contributed by atoms with van der Waals surface area (Å²) in [6.45, 7) is 3.31. The molecule has 0 aliphatic heterocycles. The molecular formula is C21H28N5O3+. The molecule has 29 heavy (non-hydrogen) atoms. The van der Waals surface area contributed by atoms with E-state index in [0.717, 1.165) is 34.2 Å². The Balaban J connectivity index is 1.97. The minimum atomic E-state index is 0.138. The average Bonchev–Trinajstić information content (AvgIpc) is 3.00. The number of carbonyl (C=O) groups is 1. The van der Waals surface area contributed by atoms with Gasteiger partial charge in [0, 0.05) is 12.3 Å². The van der Waals surface area contributed by atoms with Crippen molar-refractivity contribution in [1.29, 1.82) is 0 Å². The molecule has 0 aliphatic rings. The number of aryl methyl sites for hydroxylation is 1. The number of hydrogen-bond donors (Lipinski definition) is 3. The first kappa shape index (κ1) is 20.5. The number of ether oxygens (including phenoxy) is 1. The number of anilines is 3. The lowest BCUT2D eigenvalue weighted by Crippen LogP contribution is -2.38. The van der Waals surface area contributed by atoms with E-state index in [1.807, 2.05) is 37.4 Å². The fourth-order valence-electron chi connectivity index (χ4n) is 2.84. The highest BCUT2D eigenvalue weighted by molar-refractivity contribution is 5.86. The summed E-state index contributed by atoms with van der Waals surface area (Å²) in [5.74, 6) is 0.653. The van der Waals surface area contributed by atoms with E-state index in [0.29, 0.717) is 23.7 Å². The van der Waals surface area contributed by atoms with Crippen LogP contribution >= 0.6 is 0 Å². The Morgan fingerprint density at radius 3 is 2.76 bits per heavy atom. The smallest absolute Gasteiger partial charge is 0.258 e. The second kappa shape index (κ2) is 8.40. The quantitative estimate of drug-likeness (QED) is 0.292. The molecule has 3 aromatic rings. The van der Waals surface area contributed by atoms with E-state index in [4.69, 9.17) is 4.74 Å². The fourth-order valence-corrected chi connectivity index (χ4v) is 2.84. The van der Waals surface area contributed by atoms with Crippen LogP contribution in [0.25, 0.3) is 5.52 Å². The molecule has 1 aromatic carbocycles. The van der Waals surface area contributed by atoms with E-state index >= 15 is 0 Å². The van der Waals surface area contributed by atoms with E-state index in [1.165, 1.54) is 0 Å². The lowest BCUT2D eigenvalue weighted by molar-refractivity contribution is -0.870. The molecule has 8 nitrogen and oxygen atoms in total. The van der Waals surface area contributed by atoms with Gasteiger partial charge < -0.3 is 29.8 Å². The Hall–Kier alpha value is -3.26. The summed E-state index contributed by atoms with van der Waals surface area (Å²) in [5.41, 5.74) is 3.64. The predicted octanol–water partition coefficient (Wildman–Crippen LogP) is 2.79. The number of phenolic OH excluding ortho intramolecular Hbond substituents is 1. The standard InChI is InChI=1S/C21H27N5O3/c1-15-13-17(16(14-19(15)28)22-8-11-27)23-20-18-7-5-6-9-25(18)24-21(20)29-12-10-26(2,3)4/h5-7,9,11,13-14,22-23H,8,10,12H2,1-4H3/p+1. The number of hydrogen-bond acceptors (Lipinski definition) is 6. The Morgan fingerprint density at radius 1 is 1.24 bits per heavy atom. The zero-order valence-electron chi connectivity index (χ0n) is 17.3. The van der Waals surface area contributed by atoms with Crippen molar-refractivity contribution in [2.24, 2.45) is 0 Å². The monoisotopic (exact) mass is 398 g/mol. The van der Waals surface area contributed by atoms with Gasteiger partial charge in [0.1, 0.15) is 30.9 Å². The third kappa shape index (κ3) is 4.97. The Labute approximate surface area is 170 Å². The molecule has 0 radical (unpaired) electrons. The summed E-state index contributed by atoms with van der Waals surface area (Å²) in [6, 6.07) is 9.22. The third-order valence-corrected chi connectivity index (χ3v) is 4.48. The summed E-state index contributed by atoms with van der Waals surface area (Å²) in [7, 11) is 6.32. The van der Waals surface area contributed by atoms with Crippen molar-refractivity contribution in [3.05, 3.63) is 42.1 Å². The van der Waals surface area contributed by atoms with Crippen molar-refractivity contribution in [2.45, 2.75) is 6.92 Å². The summed E-state index contributed by atoms with van der Waals surface area (Å²) in [6.07, 6.45) is 2.64. The number of carbonyl (C=O) groups excluding carboxylic acids is 1. The number of pyridine rings is 1. The second-order valence-corrected chi connectivity index (χ2v) is 7.93. The van der Waals surface area contributed by atoms with E-state index in [-0.39, 0.29) is 12.3 Å². The van der Waals surface area contributed by atoms with Crippen LogP contribution in [0.1, 0.15) is 5.56 Å². The summed E-state index contributed by atoms with van der Waals surface area (Å²) in [4.78, 5) is 10.8. The second-order valence-electron chi connectivity index (χ2n) is 7.93. The topological polar surface area (TPSA) is 87.9 Å². The maximum atomic E-state index is 10.8. The van der Waals surface area contributed by atoms with Crippen LogP contribution in [-0.2, 0) is 4.79 Å². The van der Waals surface area contributed by atoms with E-state index < -0.39 is 0 Å². The van der Waals surface area contributed by atoms with Crippen molar-refractivity contribution in [3.8, 4) is 11.6 Å². The molecule has 0 atom stereocenters. The van der Waals surface area contributed by atoms with Crippen LogP contribution in [-0.4, -0.2) is 66.3 Å². The Morgan fingerprint density at radius 2 is 2.03 bits per heavy atom. The van der Waals surface area contributed by atoms with Crippen molar-refractivity contribution >= 4 is 28.9 Å². The number of benzene rings is 1. The zero-order valence-corrected chi connectivity index (χ0v) is 17.3. The van der Waals surface area contributed by atoms with E-state index in [1.54, 1.807) is 10.6 Å².